The molecule has 5 rings (SSSR count). The molecule has 0 saturated carbocycles. The Hall–Kier alpha value is -4.77. The number of aryl methyl sites for hydroxylation is 1. The topological polar surface area (TPSA) is 94.2 Å². The second kappa shape index (κ2) is 9.70. The van der Waals surface area contributed by atoms with Gasteiger partial charge in [-0.15, -0.1) is 0 Å². The molecule has 1 amide bonds. The molecule has 0 aliphatic heterocycles. The zero-order valence-electron chi connectivity index (χ0n) is 21.1. The van der Waals surface area contributed by atoms with Gasteiger partial charge in [-0.25, -0.2) is 14.5 Å². The van der Waals surface area contributed by atoms with Crippen LogP contribution in [-0.2, 0) is 0 Å². The van der Waals surface area contributed by atoms with Crippen LogP contribution in [0.25, 0.3) is 22.2 Å². The van der Waals surface area contributed by atoms with Crippen molar-refractivity contribution in [2.75, 3.05) is 0 Å². The normalized spacial score (nSPS) is 11.9. The van der Waals surface area contributed by atoms with Crippen LogP contribution >= 0.6 is 0 Å². The number of nitrogens with zero attached hydrogens (tertiary/aromatic N) is 5. The van der Waals surface area contributed by atoms with Crippen LogP contribution in [0.15, 0.2) is 71.8 Å². The van der Waals surface area contributed by atoms with Gasteiger partial charge in [0.25, 0.3) is 11.5 Å². The second-order valence-electron chi connectivity index (χ2n) is 9.11. The summed E-state index contributed by atoms with van der Waals surface area (Å²) in [4.78, 5) is 36.5. The molecule has 0 radical (unpaired) electrons. The van der Waals surface area contributed by atoms with Crippen molar-refractivity contribution in [3.05, 3.63) is 100.0 Å². The predicted molar refractivity (Wildman–Crippen MR) is 143 cm³/mol. The maximum Gasteiger partial charge on any atom is 0.267 e. The van der Waals surface area contributed by atoms with Gasteiger partial charge in [0.15, 0.2) is 5.65 Å². The van der Waals surface area contributed by atoms with Crippen molar-refractivity contribution in [1.82, 2.24) is 29.5 Å². The number of carbonyl (C=O) groups excluding carboxylic acids is 1. The van der Waals surface area contributed by atoms with Crippen molar-refractivity contribution >= 4 is 22.5 Å². The van der Waals surface area contributed by atoms with Gasteiger partial charge in [0.1, 0.15) is 11.4 Å². The van der Waals surface area contributed by atoms with Crippen LogP contribution in [0.5, 0.6) is 0 Å². The summed E-state index contributed by atoms with van der Waals surface area (Å²) in [6, 6.07) is 15.9. The van der Waals surface area contributed by atoms with Gasteiger partial charge in [-0.3, -0.25) is 14.2 Å². The maximum atomic E-state index is 14.0. The van der Waals surface area contributed by atoms with Crippen LogP contribution in [0.1, 0.15) is 54.3 Å². The Morgan fingerprint density at radius 1 is 1.03 bits per heavy atom. The standard InChI is InChI=1S/C29H26N6O2/c1-18(2)14-15-21-10-8-13-23-25(21)29(37)35(22-11-6-5-7-12-22)26(32-23)20(4)31-28(36)24-19(3)33-34-17-9-16-30-27(24)34/h5-13,16-18,20H,1-4H3,(H,31,36)/t20-/m1/s1. The van der Waals surface area contributed by atoms with E-state index in [-0.39, 0.29) is 17.4 Å². The lowest BCUT2D eigenvalue weighted by atomic mass is 10.1. The smallest absolute Gasteiger partial charge is 0.267 e. The predicted octanol–water partition coefficient (Wildman–Crippen LogP) is 4.24. The zero-order valence-corrected chi connectivity index (χ0v) is 21.1. The van der Waals surface area contributed by atoms with Gasteiger partial charge in [-0.2, -0.15) is 5.10 Å². The van der Waals surface area contributed by atoms with E-state index in [4.69, 9.17) is 4.98 Å². The number of fused-ring (bicyclic) bond motifs is 2. The fourth-order valence-corrected chi connectivity index (χ4v) is 4.29. The Kier molecular flexibility index (Phi) is 6.28. The SMILES string of the molecule is Cc1nn2cccnc2c1C(=O)N[C@H](C)c1nc2cccc(C#CC(C)C)c2c(=O)n1-c1ccccc1. The number of nitrogens with one attached hydrogen (secondary N) is 1. The molecule has 0 aliphatic rings. The van der Waals surface area contributed by atoms with Crippen LogP contribution in [0.4, 0.5) is 0 Å². The molecular weight excluding hydrogens is 464 g/mol. The summed E-state index contributed by atoms with van der Waals surface area (Å²) < 4.78 is 3.12. The highest BCUT2D eigenvalue weighted by Crippen LogP contribution is 2.21. The molecule has 3 aromatic heterocycles. The quantitative estimate of drug-likeness (QED) is 0.381. The van der Waals surface area contributed by atoms with Gasteiger partial charge in [0.05, 0.1) is 28.3 Å². The minimum Gasteiger partial charge on any atom is -0.342 e. The summed E-state index contributed by atoms with van der Waals surface area (Å²) in [7, 11) is 0. The van der Waals surface area contributed by atoms with Gasteiger partial charge in [0.2, 0.25) is 0 Å². The number of aromatic nitrogens is 5. The number of para-hydroxylation sites is 1. The number of hydrogen-bond acceptors (Lipinski definition) is 5. The fourth-order valence-electron chi connectivity index (χ4n) is 4.29. The summed E-state index contributed by atoms with van der Waals surface area (Å²) >= 11 is 0. The third-order valence-corrected chi connectivity index (χ3v) is 5.97. The van der Waals surface area contributed by atoms with E-state index in [2.05, 4.69) is 27.2 Å². The minimum absolute atomic E-state index is 0.159. The molecule has 37 heavy (non-hydrogen) atoms. The van der Waals surface area contributed by atoms with E-state index in [0.29, 0.717) is 44.9 Å². The molecule has 5 aromatic rings. The van der Waals surface area contributed by atoms with Crippen LogP contribution in [0.3, 0.4) is 0 Å². The first-order chi connectivity index (χ1) is 17.8. The lowest BCUT2D eigenvalue weighted by Gasteiger charge is -2.20. The third-order valence-electron chi connectivity index (χ3n) is 5.97. The number of rotatable bonds is 4. The summed E-state index contributed by atoms with van der Waals surface area (Å²) in [5.74, 6) is 6.51. The van der Waals surface area contributed by atoms with Crippen LogP contribution in [0.2, 0.25) is 0 Å². The van der Waals surface area contributed by atoms with E-state index >= 15 is 0 Å². The van der Waals surface area contributed by atoms with Gasteiger partial charge in [0, 0.05) is 23.9 Å². The van der Waals surface area contributed by atoms with Gasteiger partial charge in [-0.05, 0) is 44.2 Å². The average molecular weight is 491 g/mol. The lowest BCUT2D eigenvalue weighted by Crippen LogP contribution is -2.33. The molecule has 3 heterocycles. The first-order valence-electron chi connectivity index (χ1n) is 12.1. The minimum atomic E-state index is -0.603. The maximum absolute atomic E-state index is 14.0. The summed E-state index contributed by atoms with van der Waals surface area (Å²) in [6.45, 7) is 7.58. The van der Waals surface area contributed by atoms with Gasteiger partial charge < -0.3 is 5.32 Å². The molecule has 1 N–H and O–H groups in total. The molecule has 0 spiro atoms. The molecule has 0 aliphatic carbocycles. The third kappa shape index (κ3) is 4.47. The molecule has 0 unspecified atom stereocenters. The van der Waals surface area contributed by atoms with E-state index in [1.165, 1.54) is 0 Å². The molecule has 0 saturated heterocycles. The highest BCUT2D eigenvalue weighted by Gasteiger charge is 2.24. The Morgan fingerprint density at radius 3 is 2.57 bits per heavy atom. The average Bonchev–Trinajstić information content (AvgIpc) is 3.23. The largest absolute Gasteiger partial charge is 0.342 e. The molecule has 0 bridgehead atoms. The molecule has 0 fully saturated rings. The van der Waals surface area contributed by atoms with Crippen LogP contribution < -0.4 is 10.9 Å². The van der Waals surface area contributed by atoms with Crippen molar-refractivity contribution in [1.29, 1.82) is 0 Å². The molecule has 184 valence electrons. The van der Waals surface area contributed by atoms with E-state index in [9.17, 15) is 9.59 Å². The number of hydrogen-bond donors (Lipinski definition) is 1. The Labute approximate surface area is 214 Å². The van der Waals surface area contributed by atoms with Gasteiger partial charge >= 0.3 is 0 Å². The van der Waals surface area contributed by atoms with E-state index in [1.54, 1.807) is 40.5 Å². The number of carbonyl (C=O) groups is 1. The summed E-state index contributed by atoms with van der Waals surface area (Å²) in [6.07, 6.45) is 3.36. The van der Waals surface area contributed by atoms with Crippen LogP contribution in [-0.4, -0.2) is 30.1 Å². The highest BCUT2D eigenvalue weighted by molar-refractivity contribution is 6.01. The first kappa shape index (κ1) is 23.9. The lowest BCUT2D eigenvalue weighted by molar-refractivity contribution is 0.0938. The second-order valence-corrected chi connectivity index (χ2v) is 9.11. The highest BCUT2D eigenvalue weighted by atomic mass is 16.2. The van der Waals surface area contributed by atoms with E-state index < -0.39 is 6.04 Å². The number of amides is 1. The van der Waals surface area contributed by atoms with Crippen molar-refractivity contribution in [2.45, 2.75) is 33.7 Å². The summed E-state index contributed by atoms with van der Waals surface area (Å²) in [5.41, 5.74) is 2.97. The van der Waals surface area contributed by atoms with Gasteiger partial charge in [-0.1, -0.05) is 50.0 Å². The molecule has 8 heteroatoms. The van der Waals surface area contributed by atoms with E-state index in [1.807, 2.05) is 63.2 Å². The molecular formula is C29H26N6O2. The fraction of sp³-hybridized carbons (Fsp3) is 0.207. The molecule has 8 nitrogen and oxygen atoms in total. The Bertz CT molecular complexity index is 1760. The molecule has 2 aromatic carbocycles. The van der Waals surface area contributed by atoms with Crippen molar-refractivity contribution in [3.8, 4) is 17.5 Å². The van der Waals surface area contributed by atoms with Crippen molar-refractivity contribution in [2.24, 2.45) is 5.92 Å². The monoisotopic (exact) mass is 490 g/mol. The Morgan fingerprint density at radius 2 is 1.81 bits per heavy atom. The van der Waals surface area contributed by atoms with Crippen molar-refractivity contribution in [3.63, 3.8) is 0 Å². The van der Waals surface area contributed by atoms with E-state index in [0.717, 1.165) is 0 Å². The summed E-state index contributed by atoms with van der Waals surface area (Å²) in [5, 5.41) is 7.84. The molecule has 1 atom stereocenters. The van der Waals surface area contributed by atoms with Crippen LogP contribution in [0, 0.1) is 24.7 Å². The Balaban J connectivity index is 1.66. The van der Waals surface area contributed by atoms with Crippen molar-refractivity contribution < 1.29 is 4.79 Å². The first-order valence-corrected chi connectivity index (χ1v) is 12.1. The zero-order chi connectivity index (χ0) is 26.1. The number of benzene rings is 2.